The predicted octanol–water partition coefficient (Wildman–Crippen LogP) is 5.77. The van der Waals surface area contributed by atoms with E-state index in [1.165, 1.54) is 26.5 Å². The molecule has 1 aromatic heterocycles. The molecule has 0 unspecified atom stereocenters. The van der Waals surface area contributed by atoms with Crippen molar-refractivity contribution in [1.82, 2.24) is 9.88 Å². The molecule has 234 valence electrons. The van der Waals surface area contributed by atoms with Gasteiger partial charge in [0.15, 0.2) is 5.13 Å². The maximum absolute atomic E-state index is 15.8. The standard InChI is InChI=1S/C30H38ClFN4O5S2/c1-35(18-27(37)19-8-9-19)26-7-5-4-6-24(26)34-25-16-23(32)29(15-22(25)31)43(38,39)36(30-33-12-13-42-30)17-20-10-11-21(40-2)14-28(20)41-3/h10-16,19,24,26-27,34,37H,4-9,17-18H2,1-3H3/t24-,26-,27+/m0/s1. The first kappa shape index (κ1) is 31.8. The molecule has 2 aromatic carbocycles. The lowest BCUT2D eigenvalue weighted by Crippen LogP contribution is -2.49. The lowest BCUT2D eigenvalue weighted by Gasteiger charge is -2.39. The average Bonchev–Trinajstić information content (AvgIpc) is 3.72. The van der Waals surface area contributed by atoms with Crippen LogP contribution in [0.15, 0.2) is 46.8 Å². The number of benzene rings is 2. The quantitative estimate of drug-likeness (QED) is 0.240. The number of likely N-dealkylation sites (N-methyl/N-ethyl adjacent to an activating group) is 1. The molecular weight excluding hydrogens is 615 g/mol. The monoisotopic (exact) mass is 652 g/mol. The van der Waals surface area contributed by atoms with Crippen molar-refractivity contribution in [1.29, 1.82) is 0 Å². The predicted molar refractivity (Wildman–Crippen MR) is 167 cm³/mol. The lowest BCUT2D eigenvalue weighted by molar-refractivity contribution is 0.0735. The number of aliphatic hydroxyl groups is 1. The molecule has 2 saturated carbocycles. The van der Waals surface area contributed by atoms with Crippen molar-refractivity contribution >= 4 is 43.8 Å². The number of ether oxygens (including phenoxy) is 2. The number of aromatic nitrogens is 1. The van der Waals surface area contributed by atoms with E-state index in [1.54, 1.807) is 23.6 Å². The number of anilines is 2. The smallest absolute Gasteiger partial charge is 0.269 e. The van der Waals surface area contributed by atoms with Crippen LogP contribution in [0.2, 0.25) is 5.02 Å². The summed E-state index contributed by atoms with van der Waals surface area (Å²) in [6, 6.07) is 7.48. The summed E-state index contributed by atoms with van der Waals surface area (Å²) in [7, 11) is 0.586. The summed E-state index contributed by atoms with van der Waals surface area (Å²) < 4.78 is 55.6. The van der Waals surface area contributed by atoms with Crippen LogP contribution in [0.4, 0.5) is 15.2 Å². The second-order valence-corrected chi connectivity index (χ2v) is 14.3. The fourth-order valence-electron chi connectivity index (χ4n) is 5.75. The number of thiazole rings is 1. The van der Waals surface area contributed by atoms with Gasteiger partial charge in [-0.3, -0.25) is 4.90 Å². The van der Waals surface area contributed by atoms with E-state index in [4.69, 9.17) is 21.1 Å². The van der Waals surface area contributed by atoms with E-state index in [0.29, 0.717) is 35.2 Å². The number of rotatable bonds is 13. The molecule has 3 aromatic rings. The normalized spacial score (nSPS) is 19.7. The van der Waals surface area contributed by atoms with Crippen LogP contribution < -0.4 is 19.1 Å². The van der Waals surface area contributed by atoms with Gasteiger partial charge in [0, 0.05) is 41.8 Å². The molecule has 3 atom stereocenters. The largest absolute Gasteiger partial charge is 0.497 e. The van der Waals surface area contributed by atoms with Gasteiger partial charge < -0.3 is 19.9 Å². The van der Waals surface area contributed by atoms with Gasteiger partial charge in [-0.05, 0) is 62.9 Å². The van der Waals surface area contributed by atoms with Crippen LogP contribution in [0.3, 0.4) is 0 Å². The summed E-state index contributed by atoms with van der Waals surface area (Å²) in [6.45, 7) is 0.432. The fourth-order valence-corrected chi connectivity index (χ4v) is 8.38. The topological polar surface area (TPSA) is 104 Å². The van der Waals surface area contributed by atoms with Gasteiger partial charge in [-0.15, -0.1) is 11.3 Å². The third kappa shape index (κ3) is 7.20. The SMILES string of the molecule is COc1ccc(CN(c2nccs2)S(=O)(=O)c2cc(Cl)c(N[C@H]3CCCC[C@@H]3N(C)C[C@@H](O)C3CC3)cc2F)c(OC)c1. The van der Waals surface area contributed by atoms with E-state index in [0.717, 1.165) is 60.2 Å². The number of halogens is 2. The summed E-state index contributed by atoms with van der Waals surface area (Å²) in [5, 5.41) is 15.8. The minimum absolute atomic E-state index is 0.0288. The number of aliphatic hydroxyl groups excluding tert-OH is 1. The van der Waals surface area contributed by atoms with Crippen LogP contribution in [0.1, 0.15) is 44.1 Å². The first-order chi connectivity index (χ1) is 20.6. The van der Waals surface area contributed by atoms with Crippen LogP contribution in [-0.2, 0) is 16.6 Å². The number of methoxy groups -OCH3 is 2. The Bertz CT molecular complexity index is 1510. The molecule has 0 aliphatic heterocycles. The molecular formula is C30H38ClFN4O5S2. The minimum Gasteiger partial charge on any atom is -0.497 e. The number of hydrogen-bond acceptors (Lipinski definition) is 9. The second-order valence-electron chi connectivity index (χ2n) is 11.2. The molecule has 5 rings (SSSR count). The van der Waals surface area contributed by atoms with Crippen molar-refractivity contribution in [2.24, 2.45) is 5.92 Å². The number of nitrogens with zero attached hydrogens (tertiary/aromatic N) is 3. The summed E-state index contributed by atoms with van der Waals surface area (Å²) in [6.07, 6.45) is 7.15. The molecule has 2 aliphatic rings. The molecule has 43 heavy (non-hydrogen) atoms. The van der Waals surface area contributed by atoms with E-state index in [-0.39, 0.29) is 34.9 Å². The molecule has 2 aliphatic carbocycles. The van der Waals surface area contributed by atoms with E-state index < -0.39 is 20.7 Å². The van der Waals surface area contributed by atoms with E-state index in [2.05, 4.69) is 15.2 Å². The number of hydrogen-bond donors (Lipinski definition) is 2. The lowest BCUT2D eigenvalue weighted by atomic mass is 9.89. The molecule has 0 bridgehead atoms. The van der Waals surface area contributed by atoms with Crippen molar-refractivity contribution < 1.29 is 27.4 Å². The van der Waals surface area contributed by atoms with Crippen molar-refractivity contribution in [3.63, 3.8) is 0 Å². The molecule has 0 radical (unpaired) electrons. The Balaban J connectivity index is 1.41. The van der Waals surface area contributed by atoms with Gasteiger partial charge in [0.05, 0.1) is 37.6 Å². The first-order valence-corrected chi connectivity index (χ1v) is 17.1. The molecule has 9 nitrogen and oxygen atoms in total. The van der Waals surface area contributed by atoms with Gasteiger partial charge in [0.1, 0.15) is 22.2 Å². The number of sulfonamides is 1. The first-order valence-electron chi connectivity index (χ1n) is 14.4. The second kappa shape index (κ2) is 13.6. The van der Waals surface area contributed by atoms with Gasteiger partial charge in [0.2, 0.25) is 0 Å². The van der Waals surface area contributed by atoms with Crippen LogP contribution in [0.5, 0.6) is 11.5 Å². The molecule has 0 amide bonds. The van der Waals surface area contributed by atoms with Gasteiger partial charge in [-0.25, -0.2) is 22.1 Å². The molecule has 0 saturated heterocycles. The van der Waals surface area contributed by atoms with Crippen LogP contribution in [0.25, 0.3) is 0 Å². The van der Waals surface area contributed by atoms with Crippen molar-refractivity contribution in [2.45, 2.75) is 68.2 Å². The minimum atomic E-state index is -4.43. The van der Waals surface area contributed by atoms with Gasteiger partial charge in [0.25, 0.3) is 10.0 Å². The van der Waals surface area contributed by atoms with Crippen LogP contribution >= 0.6 is 22.9 Å². The Hall–Kier alpha value is -2.64. The Morgan fingerprint density at radius 3 is 2.60 bits per heavy atom. The summed E-state index contributed by atoms with van der Waals surface area (Å²) >= 11 is 7.77. The zero-order chi connectivity index (χ0) is 30.7. The molecule has 2 fully saturated rings. The highest BCUT2D eigenvalue weighted by atomic mass is 35.5. The van der Waals surface area contributed by atoms with Gasteiger partial charge in [-0.1, -0.05) is 24.4 Å². The zero-order valence-corrected chi connectivity index (χ0v) is 26.9. The average molecular weight is 653 g/mol. The van der Waals surface area contributed by atoms with Gasteiger partial charge in [-0.2, -0.15) is 0 Å². The highest BCUT2D eigenvalue weighted by molar-refractivity contribution is 7.93. The van der Waals surface area contributed by atoms with Crippen molar-refractivity contribution in [2.75, 3.05) is 37.4 Å². The Morgan fingerprint density at radius 1 is 1.16 bits per heavy atom. The Labute approximate surface area is 261 Å². The third-order valence-corrected chi connectivity index (χ3v) is 11.3. The molecule has 0 spiro atoms. The highest BCUT2D eigenvalue weighted by Gasteiger charge is 2.35. The van der Waals surface area contributed by atoms with Crippen LogP contribution in [-0.4, -0.2) is 69.4 Å². The van der Waals surface area contributed by atoms with E-state index >= 15 is 4.39 Å². The summed E-state index contributed by atoms with van der Waals surface area (Å²) in [5.74, 6) is 0.437. The fraction of sp³-hybridized carbons (Fsp3) is 0.500. The summed E-state index contributed by atoms with van der Waals surface area (Å²) in [4.78, 5) is 5.85. The van der Waals surface area contributed by atoms with Gasteiger partial charge >= 0.3 is 0 Å². The highest BCUT2D eigenvalue weighted by Crippen LogP contribution is 2.37. The summed E-state index contributed by atoms with van der Waals surface area (Å²) in [5.41, 5.74) is 0.884. The van der Waals surface area contributed by atoms with E-state index in [9.17, 15) is 13.5 Å². The van der Waals surface area contributed by atoms with Crippen molar-refractivity contribution in [3.8, 4) is 11.5 Å². The number of nitrogens with one attached hydrogen (secondary N) is 1. The third-order valence-electron chi connectivity index (χ3n) is 8.31. The Kier molecular flexibility index (Phi) is 10.0. The Morgan fingerprint density at radius 2 is 1.93 bits per heavy atom. The molecule has 2 N–H and O–H groups in total. The zero-order valence-electron chi connectivity index (χ0n) is 24.5. The maximum Gasteiger partial charge on any atom is 0.269 e. The molecule has 13 heteroatoms. The maximum atomic E-state index is 15.8. The van der Waals surface area contributed by atoms with Crippen molar-refractivity contribution in [3.05, 3.63) is 58.3 Å². The molecule has 1 heterocycles. The van der Waals surface area contributed by atoms with E-state index in [1.807, 2.05) is 7.05 Å². The van der Waals surface area contributed by atoms with Crippen LogP contribution in [0, 0.1) is 11.7 Å².